The summed E-state index contributed by atoms with van der Waals surface area (Å²) in [5.41, 5.74) is 0. The van der Waals surface area contributed by atoms with Crippen LogP contribution in [-0.2, 0) is 4.57 Å². The van der Waals surface area contributed by atoms with E-state index in [1.807, 2.05) is 0 Å². The maximum atomic E-state index is 10.1. The van der Waals surface area contributed by atoms with Crippen LogP contribution in [0.3, 0.4) is 0 Å². The van der Waals surface area contributed by atoms with Crippen molar-refractivity contribution in [1.29, 1.82) is 0 Å². The first-order valence-electron chi connectivity index (χ1n) is 2.51. The van der Waals surface area contributed by atoms with Crippen LogP contribution < -0.4 is 0 Å². The minimum atomic E-state index is -5.64. The van der Waals surface area contributed by atoms with E-state index < -0.39 is 7.99 Å². The summed E-state index contributed by atoms with van der Waals surface area (Å²) < 4.78 is 29.7. The molecule has 0 saturated carbocycles. The Hall–Kier alpha value is 0.01000. The molecule has 0 bridgehead atoms. The summed E-state index contributed by atoms with van der Waals surface area (Å²) in [6.07, 6.45) is 0. The summed E-state index contributed by atoms with van der Waals surface area (Å²) in [5, 5.41) is 0. The topological polar surface area (TPSA) is 37.3 Å². The van der Waals surface area contributed by atoms with Gasteiger partial charge in [0.2, 0.25) is 0 Å². The second-order valence-electron chi connectivity index (χ2n) is 3.12. The lowest BCUT2D eigenvalue weighted by atomic mass is 10.8. The molecule has 0 atom stereocenters. The van der Waals surface area contributed by atoms with E-state index in [1.165, 1.54) is 0 Å². The van der Waals surface area contributed by atoms with E-state index in [-0.39, 0.29) is 0 Å². The molecule has 0 heterocycles. The molecule has 1 N–H and O–H groups in total. The second-order valence-corrected chi connectivity index (χ2v) is 3.99. The zero-order chi connectivity index (χ0) is 9.00. The third kappa shape index (κ3) is 3940000. The SMILES string of the molecule is C[N+](C)(C)C.O=P(O)(F)F. The normalized spacial score (nSPS) is 11.9. The molecule has 3 nitrogen and oxygen atoms in total. The van der Waals surface area contributed by atoms with Gasteiger partial charge in [0.05, 0.1) is 28.2 Å². The Morgan fingerprint density at radius 3 is 1.20 bits per heavy atom. The van der Waals surface area contributed by atoms with E-state index in [9.17, 15) is 8.39 Å². The van der Waals surface area contributed by atoms with Gasteiger partial charge in [-0.2, -0.15) is 0 Å². The molecule has 0 aliphatic carbocycles. The molecule has 0 fully saturated rings. The number of rotatable bonds is 0. The Balaban J connectivity index is 0. The van der Waals surface area contributed by atoms with Crippen LogP contribution in [0.4, 0.5) is 8.39 Å². The monoisotopic (exact) mass is 176 g/mol. The summed E-state index contributed by atoms with van der Waals surface area (Å²) in [4.78, 5) is 6.74. The molecule has 0 spiro atoms. The third-order valence-electron chi connectivity index (χ3n) is 0. The van der Waals surface area contributed by atoms with Gasteiger partial charge in [-0.3, -0.25) is 4.89 Å². The highest BCUT2D eigenvalue weighted by Crippen LogP contribution is 2.43. The molecule has 0 unspecified atom stereocenters. The average Bonchev–Trinajstić information content (AvgIpc) is 1.12. The Morgan fingerprint density at radius 1 is 1.20 bits per heavy atom. The molecule has 0 aliphatic rings. The van der Waals surface area contributed by atoms with Gasteiger partial charge in [-0.25, -0.2) is 4.57 Å². The van der Waals surface area contributed by atoms with E-state index >= 15 is 0 Å². The number of nitrogens with zero attached hydrogens (tertiary/aromatic N) is 1. The molecule has 0 rings (SSSR count). The van der Waals surface area contributed by atoms with E-state index in [0.29, 0.717) is 0 Å². The predicted octanol–water partition coefficient (Wildman–Crippen LogP) is 1.35. The lowest BCUT2D eigenvalue weighted by Crippen LogP contribution is -2.27. The Labute approximate surface area is 59.6 Å². The number of hydrogen-bond donors (Lipinski definition) is 1. The minimum absolute atomic E-state index is 1.00. The van der Waals surface area contributed by atoms with Crippen molar-refractivity contribution in [3.05, 3.63) is 0 Å². The number of quaternary nitrogens is 1. The molecule has 64 valence electrons. The Bertz CT molecular complexity index is 113. The fourth-order valence-corrected chi connectivity index (χ4v) is 0. The van der Waals surface area contributed by atoms with Gasteiger partial charge in [0, 0.05) is 0 Å². The molecule has 10 heavy (non-hydrogen) atoms. The molecule has 0 aromatic rings. The maximum Gasteiger partial charge on any atom is 0.549 e. The van der Waals surface area contributed by atoms with Crippen molar-refractivity contribution < 1.29 is 22.3 Å². The Morgan fingerprint density at radius 2 is 1.20 bits per heavy atom. The molecule has 0 aromatic carbocycles. The quantitative estimate of drug-likeness (QED) is 0.446. The van der Waals surface area contributed by atoms with Crippen LogP contribution in [0.5, 0.6) is 0 Å². The van der Waals surface area contributed by atoms with E-state index in [1.54, 1.807) is 0 Å². The first-order valence-corrected chi connectivity index (χ1v) is 3.95. The summed E-state index contributed by atoms with van der Waals surface area (Å²) >= 11 is 0. The van der Waals surface area contributed by atoms with E-state index in [4.69, 9.17) is 9.46 Å². The first-order chi connectivity index (χ1) is 4.00. The molecule has 0 aliphatic heterocycles. The highest BCUT2D eigenvalue weighted by atomic mass is 31.2. The van der Waals surface area contributed by atoms with Gasteiger partial charge in [-0.05, 0) is 0 Å². The third-order valence-corrected chi connectivity index (χ3v) is 0. The van der Waals surface area contributed by atoms with Gasteiger partial charge >= 0.3 is 7.99 Å². The molecular weight excluding hydrogens is 163 g/mol. The van der Waals surface area contributed by atoms with Crippen molar-refractivity contribution in [1.82, 2.24) is 0 Å². The highest BCUT2D eigenvalue weighted by Gasteiger charge is 2.09. The van der Waals surface area contributed by atoms with Crippen molar-refractivity contribution in [3.63, 3.8) is 0 Å². The lowest BCUT2D eigenvalue weighted by Gasteiger charge is -2.14. The first kappa shape index (κ1) is 12.7. The van der Waals surface area contributed by atoms with Gasteiger partial charge in [0.15, 0.2) is 0 Å². The minimum Gasteiger partial charge on any atom is -0.333 e. The van der Waals surface area contributed by atoms with Crippen LogP contribution in [0.2, 0.25) is 0 Å². The van der Waals surface area contributed by atoms with Crippen molar-refractivity contribution in [2.24, 2.45) is 0 Å². The molecular formula is C4H13F2NO2P+. The summed E-state index contributed by atoms with van der Waals surface area (Å²) in [7, 11) is 2.86. The zero-order valence-electron chi connectivity index (χ0n) is 6.51. The van der Waals surface area contributed by atoms with Gasteiger partial charge in [0.1, 0.15) is 0 Å². The van der Waals surface area contributed by atoms with E-state index in [0.717, 1.165) is 4.48 Å². The van der Waals surface area contributed by atoms with Gasteiger partial charge in [0.25, 0.3) is 0 Å². The van der Waals surface area contributed by atoms with Crippen molar-refractivity contribution in [2.75, 3.05) is 28.2 Å². The highest BCUT2D eigenvalue weighted by molar-refractivity contribution is 7.46. The van der Waals surface area contributed by atoms with E-state index in [2.05, 4.69) is 28.2 Å². The van der Waals surface area contributed by atoms with Crippen molar-refractivity contribution in [2.45, 2.75) is 0 Å². The molecule has 0 radical (unpaired) electrons. The van der Waals surface area contributed by atoms with Crippen molar-refractivity contribution in [3.8, 4) is 0 Å². The zero-order valence-corrected chi connectivity index (χ0v) is 7.40. The molecule has 0 saturated heterocycles. The summed E-state index contributed by atoms with van der Waals surface area (Å²) in [6, 6.07) is 0. The van der Waals surface area contributed by atoms with Crippen LogP contribution in [0.15, 0.2) is 0 Å². The average molecular weight is 176 g/mol. The number of hydrogen-bond acceptors (Lipinski definition) is 1. The van der Waals surface area contributed by atoms with Gasteiger partial charge < -0.3 is 4.48 Å². The fraction of sp³-hybridized carbons (Fsp3) is 1.00. The lowest BCUT2D eigenvalue weighted by molar-refractivity contribution is -0.849. The number of halogens is 2. The van der Waals surface area contributed by atoms with Crippen LogP contribution in [0, 0.1) is 0 Å². The molecule has 0 amide bonds. The second kappa shape index (κ2) is 4.01. The standard InChI is InChI=1S/C4H12N.F2HO2P/c2*1-5(2,3)4/h1-4H3;(H,3,4)/q+1;. The van der Waals surface area contributed by atoms with Gasteiger partial charge in [-0.1, -0.05) is 0 Å². The largest absolute Gasteiger partial charge is 0.549 e. The Kier molecular flexibility index (Phi) is 5.08. The van der Waals surface area contributed by atoms with Crippen LogP contribution in [0.1, 0.15) is 0 Å². The van der Waals surface area contributed by atoms with Crippen LogP contribution in [-0.4, -0.2) is 37.6 Å². The summed E-state index contributed by atoms with van der Waals surface area (Å²) in [6.45, 7) is 0. The smallest absolute Gasteiger partial charge is 0.333 e. The fourth-order valence-electron chi connectivity index (χ4n) is 0. The predicted molar refractivity (Wildman–Crippen MR) is 36.0 cm³/mol. The maximum absolute atomic E-state index is 10.1. The van der Waals surface area contributed by atoms with Crippen molar-refractivity contribution >= 4 is 7.99 Å². The van der Waals surface area contributed by atoms with Crippen LogP contribution >= 0.6 is 7.99 Å². The van der Waals surface area contributed by atoms with Gasteiger partial charge in [-0.15, -0.1) is 8.39 Å². The van der Waals surface area contributed by atoms with Crippen LogP contribution in [0.25, 0.3) is 0 Å². The molecule has 6 heteroatoms. The molecule has 0 aromatic heterocycles. The summed E-state index contributed by atoms with van der Waals surface area (Å²) in [5.74, 6) is 0.